The Hall–Kier alpha value is -6.56. The van der Waals surface area contributed by atoms with E-state index in [1.165, 1.54) is 5.56 Å². The fraction of sp³-hybridized carbons (Fsp3) is 0.234. The van der Waals surface area contributed by atoms with Crippen LogP contribution in [0.5, 0.6) is 17.2 Å². The van der Waals surface area contributed by atoms with Gasteiger partial charge in [0.25, 0.3) is 11.8 Å². The van der Waals surface area contributed by atoms with Crippen LogP contribution < -0.4 is 14.4 Å². The number of piperazine rings is 1. The summed E-state index contributed by atoms with van der Waals surface area (Å²) in [4.78, 5) is 39.0. The topological polar surface area (TPSA) is 95.7 Å². The summed E-state index contributed by atoms with van der Waals surface area (Å²) in [7, 11) is 4.15. The number of aromatic nitrogens is 2. The lowest BCUT2D eigenvalue weighted by Crippen LogP contribution is -2.53. The van der Waals surface area contributed by atoms with Gasteiger partial charge in [0, 0.05) is 98.5 Å². The quantitative estimate of drug-likeness (QED) is 0.181. The molecule has 2 aromatic heterocycles. The van der Waals surface area contributed by atoms with E-state index in [1.807, 2.05) is 100 Å². The molecule has 3 aliphatic rings. The van der Waals surface area contributed by atoms with Crippen molar-refractivity contribution in [2.75, 3.05) is 51.5 Å². The van der Waals surface area contributed by atoms with Gasteiger partial charge >= 0.3 is 0 Å². The number of aryl methyl sites for hydroxylation is 1. The van der Waals surface area contributed by atoms with Crippen molar-refractivity contribution in [2.45, 2.75) is 19.0 Å². The van der Waals surface area contributed by atoms with E-state index in [9.17, 15) is 5.11 Å². The number of aromatic hydroxyl groups is 1. The Balaban J connectivity index is 1.09. The van der Waals surface area contributed by atoms with Crippen LogP contribution in [0.4, 0.5) is 11.4 Å². The van der Waals surface area contributed by atoms with Crippen molar-refractivity contribution in [3.8, 4) is 22.9 Å². The number of phenolic OH excluding ortho intramolecular Hbond substituents is 1. The standard InChI is InChI=1S/C47H44N6O5/c1-48-19-21-50(22-20-48)28-36-23-31-7-3-4-8-33(31)27-51(36)46(55)39-25-44-45(58-30-57-44)26-43(39)52-29-40(38-9-5-6-10-42(38)52)47(56)53(34-11-14-37(54)15-12-34)35-13-16-41-32(24-35)17-18-49(41)2/h3-18,24-26,29,36,54H,19-23,27-28,30H2,1-2H3/t36-/m0/s1. The summed E-state index contributed by atoms with van der Waals surface area (Å²) in [6.07, 6.45) is 4.60. The number of rotatable bonds is 7. The molecule has 292 valence electrons. The minimum Gasteiger partial charge on any atom is -0.508 e. The molecule has 2 amide bonds. The number of hydrogen-bond donors (Lipinski definition) is 1. The zero-order valence-electron chi connectivity index (χ0n) is 32.5. The second-order valence-electron chi connectivity index (χ2n) is 15.6. The number of likely N-dealkylation sites (N-methyl/N-ethyl adjacent to an activating group) is 1. The summed E-state index contributed by atoms with van der Waals surface area (Å²) in [5.74, 6) is 0.799. The number of para-hydroxylation sites is 1. The van der Waals surface area contributed by atoms with Crippen LogP contribution in [0.3, 0.4) is 0 Å². The number of fused-ring (bicyclic) bond motifs is 4. The molecule has 10 rings (SSSR count). The summed E-state index contributed by atoms with van der Waals surface area (Å²) < 4.78 is 15.8. The van der Waals surface area contributed by atoms with Gasteiger partial charge in [-0.2, -0.15) is 0 Å². The molecule has 0 spiro atoms. The maximum atomic E-state index is 15.3. The van der Waals surface area contributed by atoms with Crippen LogP contribution in [0.1, 0.15) is 31.8 Å². The third-order valence-corrected chi connectivity index (χ3v) is 12.0. The van der Waals surface area contributed by atoms with Crippen molar-refractivity contribution in [1.82, 2.24) is 23.8 Å². The number of hydrogen-bond acceptors (Lipinski definition) is 7. The molecule has 1 saturated heterocycles. The molecule has 0 aliphatic carbocycles. The number of phenols is 1. The number of ether oxygens (including phenoxy) is 2. The summed E-state index contributed by atoms with van der Waals surface area (Å²) in [6.45, 7) is 5.23. The van der Waals surface area contributed by atoms with E-state index in [1.54, 1.807) is 29.2 Å². The van der Waals surface area contributed by atoms with Gasteiger partial charge in [0.2, 0.25) is 6.79 Å². The average molecular weight is 773 g/mol. The number of anilines is 2. The third kappa shape index (κ3) is 6.32. The van der Waals surface area contributed by atoms with Crippen molar-refractivity contribution in [1.29, 1.82) is 0 Å². The Bertz CT molecular complexity index is 2710. The van der Waals surface area contributed by atoms with Gasteiger partial charge < -0.3 is 33.5 Å². The minimum absolute atomic E-state index is 0.0385. The van der Waals surface area contributed by atoms with E-state index in [2.05, 4.69) is 35.0 Å². The van der Waals surface area contributed by atoms with E-state index < -0.39 is 0 Å². The maximum absolute atomic E-state index is 15.3. The smallest absolute Gasteiger partial charge is 0.265 e. The first-order valence-corrected chi connectivity index (χ1v) is 19.8. The van der Waals surface area contributed by atoms with Crippen molar-refractivity contribution >= 4 is 45.0 Å². The Morgan fingerprint density at radius 3 is 2.29 bits per heavy atom. The van der Waals surface area contributed by atoms with Crippen LogP contribution in [0.25, 0.3) is 27.5 Å². The van der Waals surface area contributed by atoms with E-state index in [4.69, 9.17) is 9.47 Å². The van der Waals surface area contributed by atoms with Gasteiger partial charge in [0.1, 0.15) is 5.75 Å². The Morgan fingerprint density at radius 2 is 1.48 bits per heavy atom. The molecular weight excluding hydrogens is 729 g/mol. The molecule has 1 atom stereocenters. The van der Waals surface area contributed by atoms with Crippen LogP contribution in [0.15, 0.2) is 122 Å². The van der Waals surface area contributed by atoms with Gasteiger partial charge in [-0.3, -0.25) is 19.4 Å². The molecule has 7 aromatic rings. The van der Waals surface area contributed by atoms with Gasteiger partial charge in [-0.05, 0) is 85.3 Å². The second-order valence-corrected chi connectivity index (χ2v) is 15.6. The number of carbonyl (C=O) groups excluding carboxylic acids is 2. The molecular formula is C47H44N6O5. The van der Waals surface area contributed by atoms with Crippen molar-refractivity contribution in [2.24, 2.45) is 7.05 Å². The van der Waals surface area contributed by atoms with Crippen molar-refractivity contribution in [3.05, 3.63) is 144 Å². The largest absolute Gasteiger partial charge is 0.508 e. The molecule has 58 heavy (non-hydrogen) atoms. The molecule has 0 radical (unpaired) electrons. The predicted molar refractivity (Wildman–Crippen MR) is 225 cm³/mol. The molecule has 5 heterocycles. The van der Waals surface area contributed by atoms with Crippen LogP contribution in [-0.2, 0) is 20.0 Å². The number of nitrogens with zero attached hydrogens (tertiary/aromatic N) is 6. The highest BCUT2D eigenvalue weighted by Crippen LogP contribution is 2.40. The third-order valence-electron chi connectivity index (χ3n) is 12.0. The summed E-state index contributed by atoms with van der Waals surface area (Å²) in [5, 5.41) is 11.9. The molecule has 0 unspecified atom stereocenters. The molecule has 1 fully saturated rings. The lowest BCUT2D eigenvalue weighted by atomic mass is 9.92. The van der Waals surface area contributed by atoms with Crippen molar-refractivity contribution < 1.29 is 24.2 Å². The van der Waals surface area contributed by atoms with E-state index in [0.29, 0.717) is 46.2 Å². The Kier molecular flexibility index (Phi) is 8.91. The molecule has 11 heteroatoms. The highest BCUT2D eigenvalue weighted by Gasteiger charge is 2.35. The molecule has 3 aliphatic heterocycles. The van der Waals surface area contributed by atoms with Gasteiger partial charge in [-0.1, -0.05) is 42.5 Å². The number of amides is 2. The van der Waals surface area contributed by atoms with Crippen LogP contribution in [0, 0.1) is 0 Å². The highest BCUT2D eigenvalue weighted by atomic mass is 16.7. The fourth-order valence-electron chi connectivity index (χ4n) is 8.84. The molecule has 0 saturated carbocycles. The maximum Gasteiger partial charge on any atom is 0.265 e. The first-order chi connectivity index (χ1) is 28.3. The SMILES string of the molecule is CN1CCN(C[C@@H]2Cc3ccccc3CN2C(=O)c2cc3c(cc2-n2cc(C(=O)N(c4ccc(O)cc4)c4ccc5c(ccn5C)c4)c4ccccc42)OCO3)CC1. The molecule has 5 aromatic carbocycles. The Morgan fingerprint density at radius 1 is 0.759 bits per heavy atom. The number of carbonyl (C=O) groups is 2. The molecule has 11 nitrogen and oxygen atoms in total. The predicted octanol–water partition coefficient (Wildman–Crippen LogP) is 7.35. The normalized spacial score (nSPS) is 16.9. The van der Waals surface area contributed by atoms with E-state index in [0.717, 1.165) is 66.5 Å². The summed E-state index contributed by atoms with van der Waals surface area (Å²) >= 11 is 0. The van der Waals surface area contributed by atoms with Crippen LogP contribution in [-0.4, -0.2) is 93.4 Å². The molecule has 0 bridgehead atoms. The first-order valence-electron chi connectivity index (χ1n) is 19.8. The molecule has 1 N–H and O–H groups in total. The lowest BCUT2D eigenvalue weighted by molar-refractivity contribution is 0.0535. The van der Waals surface area contributed by atoms with E-state index in [-0.39, 0.29) is 30.4 Å². The van der Waals surface area contributed by atoms with Crippen LogP contribution >= 0.6 is 0 Å². The van der Waals surface area contributed by atoms with Gasteiger partial charge in [-0.25, -0.2) is 0 Å². The summed E-state index contributed by atoms with van der Waals surface area (Å²) in [5.41, 5.74) is 7.04. The monoisotopic (exact) mass is 772 g/mol. The van der Waals surface area contributed by atoms with E-state index >= 15 is 9.59 Å². The second kappa shape index (κ2) is 14.4. The lowest BCUT2D eigenvalue weighted by Gasteiger charge is -2.41. The van der Waals surface area contributed by atoms with Crippen LogP contribution in [0.2, 0.25) is 0 Å². The van der Waals surface area contributed by atoms with Gasteiger partial charge in [0.15, 0.2) is 11.5 Å². The zero-order valence-corrected chi connectivity index (χ0v) is 32.5. The zero-order chi connectivity index (χ0) is 39.5. The fourth-order valence-corrected chi connectivity index (χ4v) is 8.84. The number of benzene rings is 5. The van der Waals surface area contributed by atoms with Crippen molar-refractivity contribution in [3.63, 3.8) is 0 Å². The highest BCUT2D eigenvalue weighted by molar-refractivity contribution is 6.18. The van der Waals surface area contributed by atoms with Gasteiger partial charge in [-0.15, -0.1) is 0 Å². The summed E-state index contributed by atoms with van der Waals surface area (Å²) in [6, 6.07) is 34.5. The minimum atomic E-state index is -0.260. The first kappa shape index (κ1) is 35.8. The Labute approximate surface area is 336 Å². The average Bonchev–Trinajstić information content (AvgIpc) is 3.98. The van der Waals surface area contributed by atoms with Gasteiger partial charge in [0.05, 0.1) is 22.3 Å².